The van der Waals surface area contributed by atoms with Crippen LogP contribution in [0.2, 0.25) is 0 Å². The maximum absolute atomic E-state index is 5.96. The summed E-state index contributed by atoms with van der Waals surface area (Å²) in [4.78, 5) is 7.14. The Kier molecular flexibility index (Phi) is 7.52. The molecule has 1 atom stereocenters. The maximum Gasteiger partial charge on any atom is 0.194 e. The fraction of sp³-hybridized carbons (Fsp3) is 0.545. The average Bonchev–Trinajstić information content (AvgIpc) is 3.15. The minimum Gasteiger partial charge on any atom is -0.491 e. The molecule has 1 saturated heterocycles. The molecule has 29 heavy (non-hydrogen) atoms. The largest absolute Gasteiger partial charge is 0.491 e. The fourth-order valence-electron chi connectivity index (χ4n) is 3.37. The topological polar surface area (TPSA) is 63.9 Å². The Balaban J connectivity index is 1.58. The summed E-state index contributed by atoms with van der Waals surface area (Å²) < 4.78 is 13.5. The van der Waals surface area contributed by atoms with Gasteiger partial charge >= 0.3 is 0 Å². The molecule has 1 aromatic heterocycles. The standard InChI is InChI=1S/C22H33N5O2/c1-5-23-22(24-11-10-18-6-8-20(9-7-18)29-17(2)3)27-12-13-28-21(16-27)19-14-25-26(4)15-19/h6-9,14-15,17,21H,5,10-13,16H2,1-4H3,(H,23,24). The number of rotatable bonds is 7. The van der Waals surface area contributed by atoms with E-state index in [1.165, 1.54) is 5.56 Å². The van der Waals surface area contributed by atoms with E-state index in [9.17, 15) is 0 Å². The molecule has 2 aromatic rings. The van der Waals surface area contributed by atoms with E-state index < -0.39 is 0 Å². The van der Waals surface area contributed by atoms with E-state index in [1.807, 2.05) is 50.1 Å². The van der Waals surface area contributed by atoms with Crippen molar-refractivity contribution < 1.29 is 9.47 Å². The Hall–Kier alpha value is -2.54. The van der Waals surface area contributed by atoms with Crippen LogP contribution in [0.15, 0.2) is 41.7 Å². The molecule has 1 fully saturated rings. The maximum atomic E-state index is 5.96. The van der Waals surface area contributed by atoms with Gasteiger partial charge in [0.15, 0.2) is 5.96 Å². The summed E-state index contributed by atoms with van der Waals surface area (Å²) in [5.41, 5.74) is 2.37. The summed E-state index contributed by atoms with van der Waals surface area (Å²) in [5.74, 6) is 1.86. The highest BCUT2D eigenvalue weighted by atomic mass is 16.5. The fourth-order valence-corrected chi connectivity index (χ4v) is 3.37. The summed E-state index contributed by atoms with van der Waals surface area (Å²) in [7, 11) is 1.93. The molecular weight excluding hydrogens is 366 g/mol. The summed E-state index contributed by atoms with van der Waals surface area (Å²) in [6, 6.07) is 8.30. The van der Waals surface area contributed by atoms with Gasteiger partial charge in [0.2, 0.25) is 0 Å². The van der Waals surface area contributed by atoms with Gasteiger partial charge in [0.05, 0.1) is 25.5 Å². The third-order valence-electron chi connectivity index (χ3n) is 4.75. The number of guanidine groups is 1. The lowest BCUT2D eigenvalue weighted by Crippen LogP contribution is -2.48. The van der Waals surface area contributed by atoms with E-state index >= 15 is 0 Å². The van der Waals surface area contributed by atoms with Gasteiger partial charge in [0, 0.05) is 38.4 Å². The van der Waals surface area contributed by atoms with Crippen molar-refractivity contribution in [1.82, 2.24) is 20.0 Å². The highest BCUT2D eigenvalue weighted by Crippen LogP contribution is 2.21. The van der Waals surface area contributed by atoms with Crippen LogP contribution in [0.25, 0.3) is 0 Å². The molecule has 1 aromatic carbocycles. The number of aromatic nitrogens is 2. The molecule has 158 valence electrons. The first-order chi connectivity index (χ1) is 14.0. The Morgan fingerprint density at radius 3 is 2.79 bits per heavy atom. The Morgan fingerprint density at radius 2 is 2.14 bits per heavy atom. The molecule has 0 radical (unpaired) electrons. The number of nitrogens with one attached hydrogen (secondary N) is 1. The number of aryl methyl sites for hydroxylation is 1. The summed E-state index contributed by atoms with van der Waals surface area (Å²) >= 11 is 0. The minimum absolute atomic E-state index is 0.0230. The summed E-state index contributed by atoms with van der Waals surface area (Å²) in [5, 5.41) is 7.69. The van der Waals surface area contributed by atoms with Crippen molar-refractivity contribution in [1.29, 1.82) is 0 Å². The van der Waals surface area contributed by atoms with Gasteiger partial charge in [-0.05, 0) is 44.9 Å². The Labute approximate surface area is 173 Å². The van der Waals surface area contributed by atoms with E-state index in [2.05, 4.69) is 34.4 Å². The number of nitrogens with zero attached hydrogens (tertiary/aromatic N) is 4. The first kappa shape index (κ1) is 21.2. The highest BCUT2D eigenvalue weighted by Gasteiger charge is 2.25. The van der Waals surface area contributed by atoms with E-state index in [1.54, 1.807) is 0 Å². The van der Waals surface area contributed by atoms with Gasteiger partial charge < -0.3 is 19.7 Å². The van der Waals surface area contributed by atoms with Crippen molar-refractivity contribution in [2.24, 2.45) is 12.0 Å². The molecule has 0 spiro atoms. The van der Waals surface area contributed by atoms with Crippen molar-refractivity contribution in [2.45, 2.75) is 39.4 Å². The number of hydrogen-bond acceptors (Lipinski definition) is 4. The van der Waals surface area contributed by atoms with Crippen LogP contribution >= 0.6 is 0 Å². The quantitative estimate of drug-likeness (QED) is 0.573. The van der Waals surface area contributed by atoms with Gasteiger partial charge in [-0.15, -0.1) is 0 Å². The minimum atomic E-state index is 0.0230. The predicted octanol–water partition coefficient (Wildman–Crippen LogP) is 2.79. The van der Waals surface area contributed by atoms with Crippen LogP contribution in [-0.2, 0) is 18.2 Å². The number of benzene rings is 1. The molecular formula is C22H33N5O2. The van der Waals surface area contributed by atoms with Gasteiger partial charge in [-0.3, -0.25) is 9.67 Å². The first-order valence-corrected chi connectivity index (χ1v) is 10.4. The van der Waals surface area contributed by atoms with E-state index in [0.29, 0.717) is 6.61 Å². The number of aliphatic imine (C=N–C) groups is 1. The van der Waals surface area contributed by atoms with Crippen LogP contribution in [0.4, 0.5) is 0 Å². The van der Waals surface area contributed by atoms with Crippen LogP contribution in [0.5, 0.6) is 5.75 Å². The predicted molar refractivity (Wildman–Crippen MR) is 115 cm³/mol. The van der Waals surface area contributed by atoms with Crippen molar-refractivity contribution >= 4 is 5.96 Å². The van der Waals surface area contributed by atoms with E-state index in [0.717, 1.165) is 49.9 Å². The molecule has 7 heteroatoms. The van der Waals surface area contributed by atoms with Crippen LogP contribution in [-0.4, -0.2) is 59.5 Å². The van der Waals surface area contributed by atoms with Crippen molar-refractivity contribution in [2.75, 3.05) is 32.8 Å². The molecule has 7 nitrogen and oxygen atoms in total. The second kappa shape index (κ2) is 10.3. The molecule has 2 heterocycles. The Bertz CT molecular complexity index is 785. The Morgan fingerprint density at radius 1 is 1.34 bits per heavy atom. The lowest BCUT2D eigenvalue weighted by molar-refractivity contribution is -0.00803. The lowest BCUT2D eigenvalue weighted by Gasteiger charge is -2.34. The third kappa shape index (κ3) is 6.22. The third-order valence-corrected chi connectivity index (χ3v) is 4.75. The van der Waals surface area contributed by atoms with E-state index in [4.69, 9.17) is 14.5 Å². The molecule has 1 N–H and O–H groups in total. The van der Waals surface area contributed by atoms with Crippen LogP contribution < -0.4 is 10.1 Å². The van der Waals surface area contributed by atoms with Crippen molar-refractivity contribution in [3.8, 4) is 5.75 Å². The molecule has 0 saturated carbocycles. The zero-order valence-corrected chi connectivity index (χ0v) is 18.0. The van der Waals surface area contributed by atoms with E-state index in [-0.39, 0.29) is 12.2 Å². The smallest absolute Gasteiger partial charge is 0.194 e. The van der Waals surface area contributed by atoms with Crippen LogP contribution in [0.1, 0.15) is 38.0 Å². The van der Waals surface area contributed by atoms with Gasteiger partial charge in [-0.1, -0.05) is 12.1 Å². The highest BCUT2D eigenvalue weighted by molar-refractivity contribution is 5.80. The SMILES string of the molecule is CCNC(=NCCc1ccc(OC(C)C)cc1)N1CCOC(c2cnn(C)c2)C1. The molecule has 0 bridgehead atoms. The van der Waals surface area contributed by atoms with Crippen molar-refractivity contribution in [3.63, 3.8) is 0 Å². The normalized spacial score (nSPS) is 17.6. The van der Waals surface area contributed by atoms with Crippen LogP contribution in [0.3, 0.4) is 0 Å². The van der Waals surface area contributed by atoms with Gasteiger partial charge in [0.1, 0.15) is 11.9 Å². The van der Waals surface area contributed by atoms with Crippen LogP contribution in [0, 0.1) is 0 Å². The number of morpholine rings is 1. The second-order valence-corrected chi connectivity index (χ2v) is 7.55. The molecule has 3 rings (SSSR count). The molecule has 1 aliphatic rings. The zero-order chi connectivity index (χ0) is 20.6. The van der Waals surface area contributed by atoms with Crippen molar-refractivity contribution in [3.05, 3.63) is 47.8 Å². The first-order valence-electron chi connectivity index (χ1n) is 10.4. The number of hydrogen-bond donors (Lipinski definition) is 1. The monoisotopic (exact) mass is 399 g/mol. The molecule has 1 aliphatic heterocycles. The van der Waals surface area contributed by atoms with Gasteiger partial charge in [-0.2, -0.15) is 5.10 Å². The van der Waals surface area contributed by atoms with Gasteiger partial charge in [0.25, 0.3) is 0 Å². The number of ether oxygens (including phenoxy) is 2. The lowest BCUT2D eigenvalue weighted by atomic mass is 10.1. The molecule has 0 aliphatic carbocycles. The summed E-state index contributed by atoms with van der Waals surface area (Å²) in [6.07, 6.45) is 5.01. The molecule has 1 unspecified atom stereocenters. The second-order valence-electron chi connectivity index (χ2n) is 7.55. The zero-order valence-electron chi connectivity index (χ0n) is 18.0. The average molecular weight is 400 g/mol. The summed E-state index contributed by atoms with van der Waals surface area (Å²) in [6.45, 7) is 10.0. The molecule has 0 amide bonds. The van der Waals surface area contributed by atoms with Gasteiger partial charge in [-0.25, -0.2) is 0 Å².